The second-order valence-electron chi connectivity index (χ2n) is 4.54. The summed E-state index contributed by atoms with van der Waals surface area (Å²) >= 11 is 0. The van der Waals surface area contributed by atoms with Gasteiger partial charge in [0, 0.05) is 6.54 Å². The smallest absolute Gasteiger partial charge is 0.161 e. The second kappa shape index (κ2) is 8.14. The Hall–Kier alpha value is -2.40. The van der Waals surface area contributed by atoms with Crippen molar-refractivity contribution in [3.8, 4) is 23.0 Å². The van der Waals surface area contributed by atoms with E-state index in [-0.39, 0.29) is 0 Å². The van der Waals surface area contributed by atoms with E-state index in [4.69, 9.17) is 24.7 Å². The topological polar surface area (TPSA) is 62.9 Å². The maximum Gasteiger partial charge on any atom is 0.161 e. The van der Waals surface area contributed by atoms with Crippen LogP contribution in [0.25, 0.3) is 0 Å². The van der Waals surface area contributed by atoms with Gasteiger partial charge >= 0.3 is 0 Å². The van der Waals surface area contributed by atoms with Gasteiger partial charge in [0.15, 0.2) is 23.0 Å². The molecule has 0 saturated carbocycles. The van der Waals surface area contributed by atoms with E-state index in [2.05, 4.69) is 0 Å². The lowest BCUT2D eigenvalue weighted by atomic mass is 10.2. The van der Waals surface area contributed by atoms with Crippen molar-refractivity contribution in [2.45, 2.75) is 6.54 Å². The minimum Gasteiger partial charge on any atom is -0.493 e. The Balaban J connectivity index is 1.91. The fourth-order valence-corrected chi connectivity index (χ4v) is 2.00. The number of rotatable bonds is 8. The van der Waals surface area contributed by atoms with Crippen LogP contribution in [0.4, 0.5) is 0 Å². The molecular formula is C17H21NO4. The molecule has 2 aromatic carbocycles. The van der Waals surface area contributed by atoms with E-state index in [1.165, 1.54) is 0 Å². The van der Waals surface area contributed by atoms with Crippen LogP contribution >= 0.6 is 0 Å². The van der Waals surface area contributed by atoms with Crippen LogP contribution in [-0.2, 0) is 6.54 Å². The van der Waals surface area contributed by atoms with Gasteiger partial charge in [0.2, 0.25) is 0 Å². The molecule has 0 spiro atoms. The van der Waals surface area contributed by atoms with E-state index < -0.39 is 0 Å². The second-order valence-corrected chi connectivity index (χ2v) is 4.54. The summed E-state index contributed by atoms with van der Waals surface area (Å²) in [7, 11) is 3.22. The van der Waals surface area contributed by atoms with Crippen molar-refractivity contribution >= 4 is 0 Å². The summed E-state index contributed by atoms with van der Waals surface area (Å²) < 4.78 is 21.9. The highest BCUT2D eigenvalue weighted by molar-refractivity contribution is 5.43. The maximum atomic E-state index is 5.72. The van der Waals surface area contributed by atoms with Crippen LogP contribution in [-0.4, -0.2) is 27.4 Å². The van der Waals surface area contributed by atoms with Crippen LogP contribution < -0.4 is 24.7 Å². The van der Waals surface area contributed by atoms with Gasteiger partial charge in [-0.1, -0.05) is 18.2 Å². The van der Waals surface area contributed by atoms with Gasteiger partial charge in [0.05, 0.1) is 14.2 Å². The zero-order chi connectivity index (χ0) is 15.8. The Kier molecular flexibility index (Phi) is 5.91. The van der Waals surface area contributed by atoms with Crippen LogP contribution in [0.5, 0.6) is 23.0 Å². The summed E-state index contributed by atoms with van der Waals surface area (Å²) in [6.45, 7) is 1.25. The molecule has 0 atom stereocenters. The third-order valence-corrected chi connectivity index (χ3v) is 3.13. The van der Waals surface area contributed by atoms with Gasteiger partial charge in [-0.2, -0.15) is 0 Å². The SMILES string of the molecule is COc1ccccc1OCCOc1cc(CN)ccc1OC. The highest BCUT2D eigenvalue weighted by Gasteiger charge is 2.06. The number of ether oxygens (including phenoxy) is 4. The zero-order valence-corrected chi connectivity index (χ0v) is 12.9. The van der Waals surface area contributed by atoms with Crippen LogP contribution in [0.1, 0.15) is 5.56 Å². The first-order chi connectivity index (χ1) is 10.8. The van der Waals surface area contributed by atoms with Crippen molar-refractivity contribution in [2.75, 3.05) is 27.4 Å². The molecule has 2 aromatic rings. The van der Waals surface area contributed by atoms with Crippen LogP contribution in [0.3, 0.4) is 0 Å². The molecule has 2 N–H and O–H groups in total. The third-order valence-electron chi connectivity index (χ3n) is 3.13. The van der Waals surface area contributed by atoms with Gasteiger partial charge in [0.1, 0.15) is 13.2 Å². The molecule has 0 unspecified atom stereocenters. The molecule has 0 aliphatic rings. The summed E-state index contributed by atoms with van der Waals surface area (Å²) in [5, 5.41) is 0. The minimum atomic E-state index is 0.391. The van der Waals surface area contributed by atoms with E-state index >= 15 is 0 Å². The number of hydrogen-bond acceptors (Lipinski definition) is 5. The van der Waals surface area contributed by atoms with Gasteiger partial charge in [-0.25, -0.2) is 0 Å². The van der Waals surface area contributed by atoms with E-state index in [9.17, 15) is 0 Å². The number of para-hydroxylation sites is 2. The standard InChI is InChI=1S/C17H21NO4/c1-19-14-5-3-4-6-16(14)21-9-10-22-17-11-13(12-18)7-8-15(17)20-2/h3-8,11H,9-10,12,18H2,1-2H3. The molecular weight excluding hydrogens is 282 g/mol. The average molecular weight is 303 g/mol. The Labute approximate surface area is 130 Å². The first kappa shape index (κ1) is 16.0. The normalized spacial score (nSPS) is 10.1. The van der Waals surface area contributed by atoms with Crippen molar-refractivity contribution in [3.63, 3.8) is 0 Å². The van der Waals surface area contributed by atoms with Crippen molar-refractivity contribution in [1.29, 1.82) is 0 Å². The number of nitrogens with two attached hydrogens (primary N) is 1. The van der Waals surface area contributed by atoms with E-state index in [0.29, 0.717) is 42.8 Å². The molecule has 22 heavy (non-hydrogen) atoms. The molecule has 5 heteroatoms. The molecule has 118 valence electrons. The molecule has 0 aromatic heterocycles. The molecule has 2 rings (SSSR count). The van der Waals surface area contributed by atoms with Crippen LogP contribution in [0.15, 0.2) is 42.5 Å². The molecule has 0 bridgehead atoms. The highest BCUT2D eigenvalue weighted by Crippen LogP contribution is 2.28. The van der Waals surface area contributed by atoms with E-state index in [1.807, 2.05) is 42.5 Å². The van der Waals surface area contributed by atoms with Gasteiger partial charge in [-0.05, 0) is 29.8 Å². The van der Waals surface area contributed by atoms with Crippen molar-refractivity contribution in [3.05, 3.63) is 48.0 Å². The minimum absolute atomic E-state index is 0.391. The van der Waals surface area contributed by atoms with Crippen molar-refractivity contribution in [1.82, 2.24) is 0 Å². The number of hydrogen-bond donors (Lipinski definition) is 1. The predicted molar refractivity (Wildman–Crippen MR) is 84.9 cm³/mol. The molecule has 0 heterocycles. The summed E-state index contributed by atoms with van der Waals surface area (Å²) in [6, 6.07) is 13.1. The lowest BCUT2D eigenvalue weighted by Crippen LogP contribution is -2.10. The third kappa shape index (κ3) is 4.05. The van der Waals surface area contributed by atoms with Gasteiger partial charge in [0.25, 0.3) is 0 Å². The predicted octanol–water partition coefficient (Wildman–Crippen LogP) is 2.62. The molecule has 0 aliphatic heterocycles. The number of methoxy groups -OCH3 is 2. The Bertz CT molecular complexity index is 601. The lowest BCUT2D eigenvalue weighted by molar-refractivity contribution is 0.206. The first-order valence-corrected chi connectivity index (χ1v) is 7.04. The zero-order valence-electron chi connectivity index (χ0n) is 12.9. The van der Waals surface area contributed by atoms with Crippen molar-refractivity contribution in [2.24, 2.45) is 5.73 Å². The summed E-state index contributed by atoms with van der Waals surface area (Å²) in [4.78, 5) is 0. The monoisotopic (exact) mass is 303 g/mol. The molecule has 0 aliphatic carbocycles. The lowest BCUT2D eigenvalue weighted by Gasteiger charge is -2.13. The molecule has 5 nitrogen and oxygen atoms in total. The number of benzene rings is 2. The van der Waals surface area contributed by atoms with Crippen LogP contribution in [0.2, 0.25) is 0 Å². The quantitative estimate of drug-likeness (QED) is 0.760. The molecule has 0 fully saturated rings. The summed E-state index contributed by atoms with van der Waals surface area (Å²) in [6.07, 6.45) is 0. The largest absolute Gasteiger partial charge is 0.493 e. The Morgan fingerprint density at radius 1 is 0.773 bits per heavy atom. The fraction of sp³-hybridized carbons (Fsp3) is 0.294. The van der Waals surface area contributed by atoms with E-state index in [0.717, 1.165) is 5.56 Å². The maximum absolute atomic E-state index is 5.72. The van der Waals surface area contributed by atoms with Gasteiger partial charge in [-0.3, -0.25) is 0 Å². The fourth-order valence-electron chi connectivity index (χ4n) is 2.00. The van der Waals surface area contributed by atoms with Crippen molar-refractivity contribution < 1.29 is 18.9 Å². The Morgan fingerprint density at radius 3 is 2.00 bits per heavy atom. The molecule has 0 saturated heterocycles. The van der Waals surface area contributed by atoms with E-state index in [1.54, 1.807) is 14.2 Å². The Morgan fingerprint density at radius 2 is 1.36 bits per heavy atom. The molecule has 0 radical (unpaired) electrons. The summed E-state index contributed by atoms with van der Waals surface area (Å²) in [5.74, 6) is 2.73. The first-order valence-electron chi connectivity index (χ1n) is 7.04. The highest BCUT2D eigenvalue weighted by atomic mass is 16.5. The van der Waals surface area contributed by atoms with Crippen LogP contribution in [0, 0.1) is 0 Å². The average Bonchev–Trinajstić information content (AvgIpc) is 2.58. The van der Waals surface area contributed by atoms with Gasteiger partial charge < -0.3 is 24.7 Å². The molecule has 0 amide bonds. The van der Waals surface area contributed by atoms with Gasteiger partial charge in [-0.15, -0.1) is 0 Å². The summed E-state index contributed by atoms with van der Waals surface area (Å²) in [5.41, 5.74) is 6.63.